The summed E-state index contributed by atoms with van der Waals surface area (Å²) in [7, 11) is -3.50. The van der Waals surface area contributed by atoms with Gasteiger partial charge in [0, 0.05) is 53.5 Å². The van der Waals surface area contributed by atoms with Gasteiger partial charge in [-0.2, -0.15) is 5.10 Å². The second kappa shape index (κ2) is 11.5. The lowest BCUT2D eigenvalue weighted by molar-refractivity contribution is -0.117. The molecule has 4 heterocycles. The Balaban J connectivity index is 1.42. The summed E-state index contributed by atoms with van der Waals surface area (Å²) in [5.41, 5.74) is 8.13. The average molecular weight is 642 g/mol. The van der Waals surface area contributed by atoms with Crippen LogP contribution < -0.4 is 26.0 Å². The van der Waals surface area contributed by atoms with Crippen LogP contribution in [0.5, 0.6) is 0 Å². The second-order valence-electron chi connectivity index (χ2n) is 12.3. The molecule has 0 saturated carbocycles. The van der Waals surface area contributed by atoms with Crippen LogP contribution in [-0.2, 0) is 24.3 Å². The van der Waals surface area contributed by atoms with Crippen molar-refractivity contribution in [3.05, 3.63) is 60.9 Å². The van der Waals surface area contributed by atoms with Gasteiger partial charge in [-0.25, -0.2) is 8.42 Å². The molecule has 238 valence electrons. The Hall–Kier alpha value is -4.88. The molecule has 13 heteroatoms. The Morgan fingerprint density at radius 2 is 1.41 bits per heavy atom. The van der Waals surface area contributed by atoms with E-state index in [9.17, 15) is 18.0 Å². The molecule has 3 aromatic carbocycles. The topological polar surface area (TPSA) is 155 Å². The number of ether oxygens (including phenoxy) is 1. The molecule has 4 aromatic rings. The summed E-state index contributed by atoms with van der Waals surface area (Å²) >= 11 is 0. The van der Waals surface area contributed by atoms with E-state index in [-0.39, 0.29) is 36.4 Å². The number of nitrogens with zero attached hydrogens (tertiary/aromatic N) is 2. The van der Waals surface area contributed by atoms with E-state index in [1.807, 2.05) is 55.2 Å². The van der Waals surface area contributed by atoms with Crippen LogP contribution in [0.1, 0.15) is 32.7 Å². The van der Waals surface area contributed by atoms with E-state index in [0.29, 0.717) is 36.7 Å². The van der Waals surface area contributed by atoms with Crippen molar-refractivity contribution in [2.24, 2.45) is 0 Å². The van der Waals surface area contributed by atoms with Crippen molar-refractivity contribution in [3.63, 3.8) is 0 Å². The van der Waals surface area contributed by atoms with E-state index in [2.05, 4.69) is 37.2 Å². The molecular weight excluding hydrogens is 606 g/mol. The number of hydrogen-bond acceptors (Lipinski definition) is 8. The zero-order chi connectivity index (χ0) is 32.2. The largest absolute Gasteiger partial charge is 0.380 e. The Labute approximate surface area is 267 Å². The fourth-order valence-electron chi connectivity index (χ4n) is 6.15. The van der Waals surface area contributed by atoms with Crippen LogP contribution in [0.15, 0.2) is 60.9 Å². The Morgan fingerprint density at radius 3 is 1.96 bits per heavy atom. The Bertz CT molecular complexity index is 1990. The first-order valence-corrected chi connectivity index (χ1v) is 17.1. The zero-order valence-corrected chi connectivity index (χ0v) is 26.5. The van der Waals surface area contributed by atoms with Crippen molar-refractivity contribution in [2.75, 3.05) is 45.5 Å². The minimum absolute atomic E-state index is 0.0869. The lowest BCUT2D eigenvalue weighted by atomic mass is 9.93. The van der Waals surface area contributed by atoms with E-state index in [4.69, 9.17) is 4.74 Å². The number of anilines is 5. The van der Waals surface area contributed by atoms with E-state index < -0.39 is 10.0 Å². The summed E-state index contributed by atoms with van der Waals surface area (Å²) in [4.78, 5) is 25.8. The molecule has 2 atom stereocenters. The van der Waals surface area contributed by atoms with Crippen molar-refractivity contribution in [1.29, 1.82) is 0 Å². The Kier molecular flexibility index (Phi) is 7.44. The number of sulfonamides is 1. The highest BCUT2D eigenvalue weighted by atomic mass is 32.2. The van der Waals surface area contributed by atoms with E-state index >= 15 is 0 Å². The molecule has 0 aliphatic carbocycles. The van der Waals surface area contributed by atoms with Crippen molar-refractivity contribution < 1.29 is 22.7 Å². The molecule has 2 amide bonds. The maximum absolute atomic E-state index is 12.9. The standard InChI is InChI=1S/C33H35N7O5S/c1-18-7-30(41)37-28-12-21(10-26(32(28)35-18)20-5-4-6-24(9-20)39-46(3,43)44)22-11-27(23-14-34-40(15-23)25-16-45-17-25)33-29(13-22)38-31(42)8-19(2)36-33/h4-6,9-15,18-19,25,35-36,39H,7-8,16-17H2,1-3H3,(H,37,41)(H,38,42)/t18-,19-/m1/s1. The predicted octanol–water partition coefficient (Wildman–Crippen LogP) is 5.11. The van der Waals surface area contributed by atoms with Gasteiger partial charge in [-0.3, -0.25) is 19.0 Å². The van der Waals surface area contributed by atoms with Gasteiger partial charge in [-0.1, -0.05) is 12.1 Å². The molecule has 7 rings (SSSR count). The fourth-order valence-corrected chi connectivity index (χ4v) is 6.71. The first kappa shape index (κ1) is 29.8. The van der Waals surface area contributed by atoms with Crippen LogP contribution in [-0.4, -0.2) is 61.6 Å². The number of hydrogen-bond donors (Lipinski definition) is 5. The zero-order valence-electron chi connectivity index (χ0n) is 25.7. The summed E-state index contributed by atoms with van der Waals surface area (Å²) in [6.45, 7) is 5.15. The molecule has 5 N–H and O–H groups in total. The van der Waals surface area contributed by atoms with Crippen molar-refractivity contribution in [3.8, 4) is 33.4 Å². The van der Waals surface area contributed by atoms with E-state index in [0.717, 1.165) is 51.0 Å². The van der Waals surface area contributed by atoms with Gasteiger partial charge in [0.25, 0.3) is 0 Å². The molecule has 1 aromatic heterocycles. The summed E-state index contributed by atoms with van der Waals surface area (Å²) < 4.78 is 33.9. The molecule has 0 radical (unpaired) electrons. The van der Waals surface area contributed by atoms with Gasteiger partial charge in [0.15, 0.2) is 0 Å². The number of rotatable bonds is 6. The maximum atomic E-state index is 12.9. The molecule has 1 fully saturated rings. The lowest BCUT2D eigenvalue weighted by Gasteiger charge is -2.26. The van der Waals surface area contributed by atoms with Crippen molar-refractivity contribution in [1.82, 2.24) is 9.78 Å². The molecule has 0 unspecified atom stereocenters. The van der Waals surface area contributed by atoms with Gasteiger partial charge in [0.2, 0.25) is 21.8 Å². The molecular formula is C33H35N7O5S. The van der Waals surface area contributed by atoms with Gasteiger partial charge in [0.1, 0.15) is 0 Å². The molecule has 46 heavy (non-hydrogen) atoms. The first-order valence-electron chi connectivity index (χ1n) is 15.2. The highest BCUT2D eigenvalue weighted by Crippen LogP contribution is 2.45. The smallest absolute Gasteiger partial charge is 0.229 e. The number of benzene rings is 3. The van der Waals surface area contributed by atoms with Gasteiger partial charge in [-0.05, 0) is 66.9 Å². The molecule has 12 nitrogen and oxygen atoms in total. The number of amides is 2. The predicted molar refractivity (Wildman–Crippen MR) is 180 cm³/mol. The summed E-state index contributed by atoms with van der Waals surface area (Å²) in [5, 5.41) is 17.8. The Morgan fingerprint density at radius 1 is 0.826 bits per heavy atom. The van der Waals surface area contributed by atoms with Crippen LogP contribution >= 0.6 is 0 Å². The van der Waals surface area contributed by atoms with Gasteiger partial charge in [0.05, 0.1) is 54.5 Å². The number of fused-ring (bicyclic) bond motifs is 2. The molecule has 0 bridgehead atoms. The lowest BCUT2D eigenvalue weighted by Crippen LogP contribution is -2.30. The highest BCUT2D eigenvalue weighted by Gasteiger charge is 2.27. The van der Waals surface area contributed by atoms with Crippen LogP contribution in [0, 0.1) is 0 Å². The number of carbonyl (C=O) groups excluding carboxylic acids is 2. The highest BCUT2D eigenvalue weighted by molar-refractivity contribution is 7.92. The quantitative estimate of drug-likeness (QED) is 0.195. The van der Waals surface area contributed by atoms with E-state index in [1.165, 1.54) is 0 Å². The normalized spacial score (nSPS) is 19.6. The van der Waals surface area contributed by atoms with Crippen LogP contribution in [0.2, 0.25) is 0 Å². The third kappa shape index (κ3) is 6.03. The third-order valence-electron chi connectivity index (χ3n) is 8.31. The number of carbonyl (C=O) groups is 2. The van der Waals surface area contributed by atoms with E-state index in [1.54, 1.807) is 18.2 Å². The summed E-state index contributed by atoms with van der Waals surface area (Å²) in [5.74, 6) is -0.206. The SMILES string of the molecule is C[C@@H]1CC(=O)Nc2cc(-c3cc4c(c(-c5cnn(C6COC6)c5)c3)N[C@H](C)CC(=O)N4)cc(-c3cccc(NS(C)(=O)=O)c3)c2N1. The van der Waals surface area contributed by atoms with Gasteiger partial charge >= 0.3 is 0 Å². The number of aromatic nitrogens is 2. The molecule has 3 aliphatic rings. The van der Waals surface area contributed by atoms with Gasteiger partial charge < -0.3 is 26.0 Å². The van der Waals surface area contributed by atoms with Crippen LogP contribution in [0.4, 0.5) is 28.4 Å². The average Bonchev–Trinajstić information content (AvgIpc) is 3.28. The number of nitrogens with one attached hydrogen (secondary N) is 5. The van der Waals surface area contributed by atoms with Crippen LogP contribution in [0.25, 0.3) is 33.4 Å². The third-order valence-corrected chi connectivity index (χ3v) is 8.91. The maximum Gasteiger partial charge on any atom is 0.229 e. The molecule has 0 spiro atoms. The van der Waals surface area contributed by atoms with Crippen LogP contribution in [0.3, 0.4) is 0 Å². The monoisotopic (exact) mass is 641 g/mol. The summed E-state index contributed by atoms with van der Waals surface area (Å²) in [6.07, 6.45) is 5.54. The minimum Gasteiger partial charge on any atom is -0.380 e. The molecule has 1 saturated heterocycles. The second-order valence-corrected chi connectivity index (χ2v) is 14.1. The van der Waals surface area contributed by atoms with Gasteiger partial charge in [-0.15, -0.1) is 0 Å². The van der Waals surface area contributed by atoms with Crippen molar-refractivity contribution >= 4 is 50.3 Å². The minimum atomic E-state index is -3.50. The first-order chi connectivity index (χ1) is 22.0. The molecule has 3 aliphatic heterocycles. The fraction of sp³-hybridized carbons (Fsp3) is 0.303. The summed E-state index contributed by atoms with van der Waals surface area (Å²) in [6, 6.07) is 15.1. The van der Waals surface area contributed by atoms with Crippen molar-refractivity contribution in [2.45, 2.75) is 44.8 Å².